The minimum Gasteiger partial charge on any atom is -0.445 e. The molecule has 0 radical (unpaired) electrons. The van der Waals surface area contributed by atoms with Gasteiger partial charge in [-0.15, -0.1) is 0 Å². The number of halogens is 1. The summed E-state index contributed by atoms with van der Waals surface area (Å²) in [5.41, 5.74) is 1.92. The van der Waals surface area contributed by atoms with Crippen LogP contribution in [0.4, 0.5) is 10.1 Å². The molecule has 178 valence electrons. The van der Waals surface area contributed by atoms with E-state index < -0.39 is 17.0 Å². The zero-order valence-corrected chi connectivity index (χ0v) is 19.0. The molecule has 0 amide bonds. The van der Waals surface area contributed by atoms with E-state index in [1.165, 1.54) is 30.3 Å². The Bertz CT molecular complexity index is 1570. The van der Waals surface area contributed by atoms with Crippen molar-refractivity contribution in [3.63, 3.8) is 0 Å². The van der Waals surface area contributed by atoms with Gasteiger partial charge in [-0.2, -0.15) is 0 Å². The third kappa shape index (κ3) is 4.44. The van der Waals surface area contributed by atoms with Gasteiger partial charge >= 0.3 is 5.97 Å². The Labute approximate surface area is 205 Å². The Morgan fingerprint density at radius 1 is 0.917 bits per heavy atom. The molecule has 1 atom stereocenters. The van der Waals surface area contributed by atoms with Crippen molar-refractivity contribution in [2.75, 3.05) is 0 Å². The van der Waals surface area contributed by atoms with Crippen molar-refractivity contribution in [3.8, 4) is 0 Å². The van der Waals surface area contributed by atoms with Gasteiger partial charge in [0.1, 0.15) is 11.4 Å². The summed E-state index contributed by atoms with van der Waals surface area (Å²) in [6.45, 7) is 0.148. The number of imidazole rings is 1. The number of ether oxygens (including phenoxy) is 1. The van der Waals surface area contributed by atoms with E-state index in [0.717, 1.165) is 5.52 Å². The molecule has 0 saturated heterocycles. The second kappa shape index (κ2) is 9.79. The fourth-order valence-corrected chi connectivity index (χ4v) is 4.13. The third-order valence-corrected chi connectivity index (χ3v) is 5.85. The average molecular weight is 481 g/mol. The molecule has 0 spiro atoms. The smallest absolute Gasteiger partial charge is 0.346 e. The number of nitro groups is 1. The van der Waals surface area contributed by atoms with E-state index in [1.54, 1.807) is 47.0 Å². The van der Waals surface area contributed by atoms with Crippen LogP contribution in [0.2, 0.25) is 0 Å². The minimum absolute atomic E-state index is 0.148. The first kappa shape index (κ1) is 22.9. The highest BCUT2D eigenvalue weighted by Crippen LogP contribution is 2.32. The summed E-state index contributed by atoms with van der Waals surface area (Å²) < 4.78 is 22.3. The van der Waals surface area contributed by atoms with Crippen molar-refractivity contribution >= 4 is 22.7 Å². The van der Waals surface area contributed by atoms with Gasteiger partial charge in [-0.25, -0.2) is 14.2 Å². The maximum atomic E-state index is 14.6. The summed E-state index contributed by atoms with van der Waals surface area (Å²) in [5.74, 6) is -0.854. The first-order chi connectivity index (χ1) is 17.5. The summed E-state index contributed by atoms with van der Waals surface area (Å²) in [7, 11) is 0. The molecule has 1 aromatic heterocycles. The number of rotatable bonds is 7. The standard InChI is InChI=1S/C28H20FN3O4/c29-22-14-6-4-12-20(22)18-31-25-17-9-7-15-23(25)30-27(31)26(19-10-2-1-3-11-19)36-28(33)21-13-5-8-16-24(21)32(34)35/h1-17,26H,18H2/t26-/m1/s1. The number of carbonyl (C=O) groups is 1. The van der Waals surface area contributed by atoms with Crippen LogP contribution < -0.4 is 0 Å². The number of benzene rings is 4. The summed E-state index contributed by atoms with van der Waals surface area (Å²) in [6, 6.07) is 28.4. The molecule has 0 saturated carbocycles. The number of para-hydroxylation sites is 3. The average Bonchev–Trinajstić information content (AvgIpc) is 3.27. The van der Waals surface area contributed by atoms with Crippen LogP contribution in [0.1, 0.15) is 33.4 Å². The van der Waals surface area contributed by atoms with Crippen LogP contribution in [0.5, 0.6) is 0 Å². The van der Waals surface area contributed by atoms with Crippen LogP contribution in [-0.4, -0.2) is 20.4 Å². The largest absolute Gasteiger partial charge is 0.445 e. The molecule has 8 heteroatoms. The highest BCUT2D eigenvalue weighted by atomic mass is 19.1. The van der Waals surface area contributed by atoms with Crippen molar-refractivity contribution < 1.29 is 18.8 Å². The monoisotopic (exact) mass is 481 g/mol. The first-order valence-electron chi connectivity index (χ1n) is 11.2. The molecule has 36 heavy (non-hydrogen) atoms. The van der Waals surface area contributed by atoms with Gasteiger partial charge in [0.15, 0.2) is 11.9 Å². The molecule has 0 aliphatic carbocycles. The first-order valence-corrected chi connectivity index (χ1v) is 11.2. The van der Waals surface area contributed by atoms with E-state index in [1.807, 2.05) is 30.3 Å². The number of carbonyl (C=O) groups excluding carboxylic acids is 1. The molecule has 0 N–H and O–H groups in total. The third-order valence-electron chi connectivity index (χ3n) is 5.85. The molecule has 0 fully saturated rings. The molecular weight excluding hydrogens is 461 g/mol. The van der Waals surface area contributed by atoms with Crippen LogP contribution in [0.3, 0.4) is 0 Å². The van der Waals surface area contributed by atoms with Gasteiger partial charge in [-0.05, 0) is 24.3 Å². The van der Waals surface area contributed by atoms with Crippen LogP contribution in [0.15, 0.2) is 103 Å². The number of hydrogen-bond acceptors (Lipinski definition) is 5. The van der Waals surface area contributed by atoms with E-state index in [-0.39, 0.29) is 23.6 Å². The highest BCUT2D eigenvalue weighted by Gasteiger charge is 2.29. The lowest BCUT2D eigenvalue weighted by molar-refractivity contribution is -0.385. The lowest BCUT2D eigenvalue weighted by atomic mass is 10.1. The number of fused-ring (bicyclic) bond motifs is 1. The number of nitrogens with zero attached hydrogens (tertiary/aromatic N) is 3. The number of aromatic nitrogens is 2. The van der Waals surface area contributed by atoms with Gasteiger partial charge in [0.05, 0.1) is 22.5 Å². The van der Waals surface area contributed by atoms with E-state index in [4.69, 9.17) is 9.72 Å². The minimum atomic E-state index is -1.00. The second-order valence-electron chi connectivity index (χ2n) is 8.11. The van der Waals surface area contributed by atoms with Gasteiger partial charge < -0.3 is 9.30 Å². The predicted molar refractivity (Wildman–Crippen MR) is 132 cm³/mol. The van der Waals surface area contributed by atoms with Crippen LogP contribution in [0.25, 0.3) is 11.0 Å². The molecular formula is C28H20FN3O4. The Hall–Kier alpha value is -4.85. The molecule has 0 unspecified atom stereocenters. The number of esters is 1. The van der Waals surface area contributed by atoms with E-state index in [9.17, 15) is 19.3 Å². The molecule has 1 heterocycles. The van der Waals surface area contributed by atoms with E-state index in [2.05, 4.69) is 0 Å². The fourth-order valence-electron chi connectivity index (χ4n) is 4.13. The Kier molecular flexibility index (Phi) is 6.23. The normalized spacial score (nSPS) is 11.8. The summed E-state index contributed by atoms with van der Waals surface area (Å²) in [5, 5.41) is 11.5. The SMILES string of the molecule is O=C(O[C@H](c1ccccc1)c1nc2ccccc2n1Cc1ccccc1F)c1ccccc1[N+](=O)[O-]. The van der Waals surface area contributed by atoms with Crippen molar-refractivity contribution in [1.82, 2.24) is 9.55 Å². The van der Waals surface area contributed by atoms with Gasteiger partial charge in [0, 0.05) is 17.2 Å². The molecule has 4 aromatic carbocycles. The lowest BCUT2D eigenvalue weighted by Gasteiger charge is -2.20. The van der Waals surface area contributed by atoms with Crippen molar-refractivity contribution in [1.29, 1.82) is 0 Å². The number of hydrogen-bond donors (Lipinski definition) is 0. The molecule has 7 nitrogen and oxygen atoms in total. The van der Waals surface area contributed by atoms with Crippen LogP contribution in [-0.2, 0) is 11.3 Å². The van der Waals surface area contributed by atoms with Crippen LogP contribution >= 0.6 is 0 Å². The van der Waals surface area contributed by atoms with E-state index >= 15 is 0 Å². The quantitative estimate of drug-likeness (QED) is 0.160. The molecule has 0 bridgehead atoms. The predicted octanol–water partition coefficient (Wildman–Crippen LogP) is 6.08. The van der Waals surface area contributed by atoms with Crippen LogP contribution in [0, 0.1) is 15.9 Å². The fraction of sp³-hybridized carbons (Fsp3) is 0.0714. The van der Waals surface area contributed by atoms with Gasteiger partial charge in [0.2, 0.25) is 0 Å². The summed E-state index contributed by atoms with van der Waals surface area (Å²) in [6.07, 6.45) is -1.00. The summed E-state index contributed by atoms with van der Waals surface area (Å²) in [4.78, 5) is 28.9. The Morgan fingerprint density at radius 3 is 2.36 bits per heavy atom. The van der Waals surface area contributed by atoms with Crippen molar-refractivity contribution in [2.24, 2.45) is 0 Å². The Balaban J connectivity index is 1.65. The maximum absolute atomic E-state index is 14.6. The van der Waals surface area contributed by atoms with Gasteiger partial charge in [-0.1, -0.05) is 72.8 Å². The highest BCUT2D eigenvalue weighted by molar-refractivity contribution is 5.94. The topological polar surface area (TPSA) is 87.3 Å². The maximum Gasteiger partial charge on any atom is 0.346 e. The molecule has 5 rings (SSSR count). The molecule has 0 aliphatic rings. The van der Waals surface area contributed by atoms with Gasteiger partial charge in [-0.3, -0.25) is 10.1 Å². The summed E-state index contributed by atoms with van der Waals surface area (Å²) >= 11 is 0. The number of nitro benzene ring substituents is 1. The van der Waals surface area contributed by atoms with Crippen molar-refractivity contribution in [2.45, 2.75) is 12.6 Å². The zero-order valence-electron chi connectivity index (χ0n) is 19.0. The lowest BCUT2D eigenvalue weighted by Crippen LogP contribution is -2.19. The molecule has 5 aromatic rings. The molecule has 0 aliphatic heterocycles. The van der Waals surface area contributed by atoms with Gasteiger partial charge in [0.25, 0.3) is 5.69 Å². The van der Waals surface area contributed by atoms with E-state index in [0.29, 0.717) is 22.5 Å². The Morgan fingerprint density at radius 2 is 1.58 bits per heavy atom. The zero-order chi connectivity index (χ0) is 25.1. The van der Waals surface area contributed by atoms with Crippen molar-refractivity contribution in [3.05, 3.63) is 142 Å². The second-order valence-corrected chi connectivity index (χ2v) is 8.11.